The standard InChI is InChI=1S/C10H10BrClOS/c1-6(11)9(13)8-4-2-3-7(5-12)10(8)14/h2-4,6,14H,5H2,1H3. The summed E-state index contributed by atoms with van der Waals surface area (Å²) in [5.74, 6) is 0.401. The quantitative estimate of drug-likeness (QED) is 0.511. The average molecular weight is 294 g/mol. The largest absolute Gasteiger partial charge is 0.293 e. The molecule has 1 atom stereocenters. The van der Waals surface area contributed by atoms with Crippen LogP contribution in [0.15, 0.2) is 23.1 Å². The van der Waals surface area contributed by atoms with Gasteiger partial charge in [0.25, 0.3) is 0 Å². The van der Waals surface area contributed by atoms with Crippen LogP contribution in [0.1, 0.15) is 22.8 Å². The van der Waals surface area contributed by atoms with E-state index in [4.69, 9.17) is 11.6 Å². The zero-order chi connectivity index (χ0) is 10.7. The molecule has 1 rings (SSSR count). The highest BCUT2D eigenvalue weighted by atomic mass is 79.9. The summed E-state index contributed by atoms with van der Waals surface area (Å²) in [6.07, 6.45) is 0. The van der Waals surface area contributed by atoms with Crippen molar-refractivity contribution >= 4 is 45.9 Å². The van der Waals surface area contributed by atoms with Crippen molar-refractivity contribution < 1.29 is 4.79 Å². The van der Waals surface area contributed by atoms with Gasteiger partial charge in [0.05, 0.1) is 4.83 Å². The minimum absolute atomic E-state index is 0.0296. The fourth-order valence-electron chi connectivity index (χ4n) is 1.11. The Morgan fingerprint density at radius 2 is 2.29 bits per heavy atom. The van der Waals surface area contributed by atoms with Crippen LogP contribution in [0.25, 0.3) is 0 Å². The molecule has 4 heteroatoms. The van der Waals surface area contributed by atoms with Crippen LogP contribution in [0.4, 0.5) is 0 Å². The van der Waals surface area contributed by atoms with Gasteiger partial charge in [0.15, 0.2) is 5.78 Å². The summed E-state index contributed by atoms with van der Waals surface area (Å²) in [5.41, 5.74) is 1.50. The molecule has 0 fully saturated rings. The summed E-state index contributed by atoms with van der Waals surface area (Å²) in [4.78, 5) is 12.2. The number of benzene rings is 1. The second kappa shape index (κ2) is 5.19. The molecule has 0 saturated carbocycles. The van der Waals surface area contributed by atoms with Gasteiger partial charge in [0, 0.05) is 16.3 Å². The number of hydrogen-bond donors (Lipinski definition) is 1. The molecule has 0 heterocycles. The van der Waals surface area contributed by atoms with Gasteiger partial charge < -0.3 is 0 Å². The normalized spacial score (nSPS) is 12.6. The Kier molecular flexibility index (Phi) is 4.48. The summed E-state index contributed by atoms with van der Waals surface area (Å²) in [7, 11) is 0. The molecule has 0 saturated heterocycles. The van der Waals surface area contributed by atoms with E-state index < -0.39 is 0 Å². The van der Waals surface area contributed by atoms with Gasteiger partial charge in [0.2, 0.25) is 0 Å². The predicted molar refractivity (Wildman–Crippen MR) is 66.0 cm³/mol. The third-order valence-corrected chi connectivity index (χ3v) is 3.12. The van der Waals surface area contributed by atoms with Gasteiger partial charge in [-0.2, -0.15) is 0 Å². The van der Waals surface area contributed by atoms with Gasteiger partial charge in [0.1, 0.15) is 0 Å². The van der Waals surface area contributed by atoms with Crippen molar-refractivity contribution in [2.24, 2.45) is 0 Å². The Morgan fingerprint density at radius 1 is 1.64 bits per heavy atom. The summed E-state index contributed by atoms with van der Waals surface area (Å²) < 4.78 is 0. The first-order valence-electron chi connectivity index (χ1n) is 4.13. The number of halogens is 2. The Labute approximate surface area is 102 Å². The van der Waals surface area contributed by atoms with Crippen LogP contribution in [0, 0.1) is 0 Å². The summed E-state index contributed by atoms with van der Waals surface area (Å²) >= 11 is 13.3. The van der Waals surface area contributed by atoms with Crippen molar-refractivity contribution in [3.8, 4) is 0 Å². The van der Waals surface area contributed by atoms with Crippen molar-refractivity contribution in [2.45, 2.75) is 22.5 Å². The molecule has 0 aromatic heterocycles. The molecule has 1 aromatic carbocycles. The number of Topliss-reactive ketones (excluding diaryl/α,β-unsaturated/α-hetero) is 1. The molecule has 0 amide bonds. The van der Waals surface area contributed by atoms with Crippen LogP contribution in [-0.2, 0) is 5.88 Å². The third-order valence-electron chi connectivity index (χ3n) is 1.89. The zero-order valence-electron chi connectivity index (χ0n) is 7.63. The molecular formula is C10H10BrClOS. The Bertz CT molecular complexity index is 352. The van der Waals surface area contributed by atoms with E-state index in [1.807, 2.05) is 12.1 Å². The van der Waals surface area contributed by atoms with Crippen LogP contribution in [0.3, 0.4) is 0 Å². The van der Waals surface area contributed by atoms with Crippen LogP contribution >= 0.6 is 40.2 Å². The van der Waals surface area contributed by atoms with Crippen molar-refractivity contribution in [1.82, 2.24) is 0 Å². The molecule has 0 spiro atoms. The van der Waals surface area contributed by atoms with Gasteiger partial charge in [-0.15, -0.1) is 24.2 Å². The highest BCUT2D eigenvalue weighted by Gasteiger charge is 2.15. The van der Waals surface area contributed by atoms with Crippen LogP contribution in [0.5, 0.6) is 0 Å². The monoisotopic (exact) mass is 292 g/mol. The van der Waals surface area contributed by atoms with Gasteiger partial charge in [-0.3, -0.25) is 4.79 Å². The molecule has 0 aliphatic carbocycles. The fraction of sp³-hybridized carbons (Fsp3) is 0.300. The first kappa shape index (κ1) is 12.1. The van der Waals surface area contributed by atoms with Gasteiger partial charge in [-0.05, 0) is 12.5 Å². The molecule has 0 bridgehead atoms. The van der Waals surface area contributed by atoms with E-state index in [9.17, 15) is 4.79 Å². The molecule has 1 unspecified atom stereocenters. The molecule has 14 heavy (non-hydrogen) atoms. The lowest BCUT2D eigenvalue weighted by Gasteiger charge is -2.08. The predicted octanol–water partition coefficient (Wildman–Crippen LogP) is 3.68. The van der Waals surface area contributed by atoms with E-state index in [0.29, 0.717) is 16.3 Å². The lowest BCUT2D eigenvalue weighted by atomic mass is 10.1. The summed E-state index contributed by atoms with van der Waals surface area (Å²) in [6.45, 7) is 1.79. The van der Waals surface area contributed by atoms with Crippen molar-refractivity contribution in [2.75, 3.05) is 0 Å². The number of rotatable bonds is 3. The lowest BCUT2D eigenvalue weighted by Crippen LogP contribution is -2.11. The van der Waals surface area contributed by atoms with Crippen LogP contribution in [0.2, 0.25) is 0 Å². The fourth-order valence-corrected chi connectivity index (χ4v) is 2.01. The molecule has 1 aromatic rings. The topological polar surface area (TPSA) is 17.1 Å². The van der Waals surface area contributed by atoms with E-state index >= 15 is 0 Å². The number of alkyl halides is 2. The summed E-state index contributed by atoms with van der Waals surface area (Å²) in [5, 5.41) is 0. The SMILES string of the molecule is CC(Br)C(=O)c1cccc(CCl)c1S. The molecule has 0 aliphatic heterocycles. The first-order chi connectivity index (χ1) is 6.57. The van der Waals surface area contributed by atoms with Gasteiger partial charge >= 0.3 is 0 Å². The van der Waals surface area contributed by atoms with Crippen molar-refractivity contribution in [3.63, 3.8) is 0 Å². The number of hydrogen-bond acceptors (Lipinski definition) is 2. The van der Waals surface area contributed by atoms with E-state index in [1.165, 1.54) is 0 Å². The number of carbonyl (C=O) groups is 1. The molecule has 76 valence electrons. The highest BCUT2D eigenvalue weighted by Crippen LogP contribution is 2.23. The highest BCUT2D eigenvalue weighted by molar-refractivity contribution is 9.10. The summed E-state index contributed by atoms with van der Waals surface area (Å²) in [6, 6.07) is 5.45. The van der Waals surface area contributed by atoms with Crippen LogP contribution < -0.4 is 0 Å². The van der Waals surface area contributed by atoms with Crippen molar-refractivity contribution in [1.29, 1.82) is 0 Å². The Hall–Kier alpha value is 0.01000. The molecule has 0 N–H and O–H groups in total. The molecular weight excluding hydrogens is 284 g/mol. The van der Waals surface area contributed by atoms with E-state index in [2.05, 4.69) is 28.6 Å². The van der Waals surface area contributed by atoms with Gasteiger partial charge in [-0.25, -0.2) is 0 Å². The van der Waals surface area contributed by atoms with Gasteiger partial charge in [-0.1, -0.05) is 34.1 Å². The maximum absolute atomic E-state index is 11.7. The average Bonchev–Trinajstić information content (AvgIpc) is 2.17. The number of ketones is 1. The minimum Gasteiger partial charge on any atom is -0.293 e. The van der Waals surface area contributed by atoms with Crippen molar-refractivity contribution in [3.05, 3.63) is 29.3 Å². The molecule has 1 nitrogen and oxygen atoms in total. The second-order valence-corrected chi connectivity index (χ2v) is 5.02. The minimum atomic E-state index is -0.195. The zero-order valence-corrected chi connectivity index (χ0v) is 10.9. The van der Waals surface area contributed by atoms with E-state index in [-0.39, 0.29) is 10.6 Å². The van der Waals surface area contributed by atoms with E-state index in [0.717, 1.165) is 5.56 Å². The molecule has 0 aliphatic rings. The Balaban J connectivity index is 3.16. The number of carbonyl (C=O) groups excluding carboxylic acids is 1. The van der Waals surface area contributed by atoms with Crippen LogP contribution in [-0.4, -0.2) is 10.6 Å². The second-order valence-electron chi connectivity index (χ2n) is 2.93. The van der Waals surface area contributed by atoms with E-state index in [1.54, 1.807) is 13.0 Å². The molecule has 0 radical (unpaired) electrons. The maximum Gasteiger partial charge on any atom is 0.177 e. The third kappa shape index (κ3) is 2.53. The Morgan fingerprint density at radius 3 is 2.79 bits per heavy atom. The smallest absolute Gasteiger partial charge is 0.177 e. The maximum atomic E-state index is 11.7. The first-order valence-corrected chi connectivity index (χ1v) is 6.02. The lowest BCUT2D eigenvalue weighted by molar-refractivity contribution is 0.0993. The number of thiol groups is 1.